The summed E-state index contributed by atoms with van der Waals surface area (Å²) in [4.78, 5) is 24.6. The topological polar surface area (TPSA) is 52.2 Å². The molecule has 130 valence electrons. The van der Waals surface area contributed by atoms with E-state index in [1.54, 1.807) is 11.3 Å². The zero-order valence-corrected chi connectivity index (χ0v) is 15.5. The van der Waals surface area contributed by atoms with Gasteiger partial charge in [-0.25, -0.2) is 4.98 Å². The van der Waals surface area contributed by atoms with Gasteiger partial charge in [-0.3, -0.25) is 9.69 Å². The van der Waals surface area contributed by atoms with E-state index >= 15 is 0 Å². The van der Waals surface area contributed by atoms with Crippen LogP contribution < -0.4 is 0 Å². The maximum absolute atomic E-state index is 12.6. The van der Waals surface area contributed by atoms with Crippen LogP contribution in [0.4, 0.5) is 0 Å². The van der Waals surface area contributed by atoms with Crippen molar-refractivity contribution in [3.05, 3.63) is 39.6 Å². The molecule has 5 nitrogen and oxygen atoms in total. The Morgan fingerprint density at radius 1 is 1.33 bits per heavy atom. The van der Waals surface area contributed by atoms with Crippen molar-refractivity contribution in [3.8, 4) is 0 Å². The van der Waals surface area contributed by atoms with Gasteiger partial charge < -0.3 is 9.88 Å². The highest BCUT2D eigenvalue weighted by Gasteiger charge is 2.23. The standard InChI is InChI=1S/C18H26N4OS/c1-13(2)8-15-9-17(19-10-15)18(23)22-6-4-21(5-7-22)11-16-12-24-14(3)20-16/h9-10,12-13,19H,4-8,11H2,1-3H3. The lowest BCUT2D eigenvalue weighted by Crippen LogP contribution is -2.48. The molecule has 1 N–H and O–H groups in total. The minimum atomic E-state index is 0.120. The van der Waals surface area contributed by atoms with Crippen molar-refractivity contribution in [2.75, 3.05) is 26.2 Å². The van der Waals surface area contributed by atoms with Gasteiger partial charge in [-0.15, -0.1) is 11.3 Å². The summed E-state index contributed by atoms with van der Waals surface area (Å²) in [5, 5.41) is 3.24. The number of nitrogens with one attached hydrogen (secondary N) is 1. The molecule has 2 aromatic rings. The molecule has 1 aliphatic heterocycles. The van der Waals surface area contributed by atoms with Gasteiger partial charge in [0.05, 0.1) is 10.7 Å². The number of hydrogen-bond donors (Lipinski definition) is 1. The van der Waals surface area contributed by atoms with Crippen LogP contribution in [0, 0.1) is 12.8 Å². The van der Waals surface area contributed by atoms with E-state index < -0.39 is 0 Å². The van der Waals surface area contributed by atoms with E-state index in [1.807, 2.05) is 24.1 Å². The molecule has 0 aromatic carbocycles. The fourth-order valence-corrected chi connectivity index (χ4v) is 3.75. The molecule has 3 heterocycles. The molecule has 0 atom stereocenters. The molecule has 2 aromatic heterocycles. The number of aryl methyl sites for hydroxylation is 1. The Morgan fingerprint density at radius 2 is 2.08 bits per heavy atom. The molecule has 0 aliphatic carbocycles. The van der Waals surface area contributed by atoms with Gasteiger partial charge in [0.15, 0.2) is 0 Å². The molecule has 1 amide bonds. The average molecular weight is 347 g/mol. The summed E-state index contributed by atoms with van der Waals surface area (Å²) in [5.41, 5.74) is 3.07. The number of carbonyl (C=O) groups is 1. The lowest BCUT2D eigenvalue weighted by atomic mass is 10.1. The monoisotopic (exact) mass is 346 g/mol. The predicted molar refractivity (Wildman–Crippen MR) is 97.4 cm³/mol. The Kier molecular flexibility index (Phi) is 5.36. The summed E-state index contributed by atoms with van der Waals surface area (Å²) >= 11 is 1.70. The zero-order chi connectivity index (χ0) is 17.1. The minimum absolute atomic E-state index is 0.120. The summed E-state index contributed by atoms with van der Waals surface area (Å²) in [7, 11) is 0. The van der Waals surface area contributed by atoms with Crippen molar-refractivity contribution in [2.24, 2.45) is 5.92 Å². The second-order valence-electron chi connectivity index (χ2n) is 6.95. The second-order valence-corrected chi connectivity index (χ2v) is 8.01. The highest BCUT2D eigenvalue weighted by atomic mass is 32.1. The summed E-state index contributed by atoms with van der Waals surface area (Å²) in [5.74, 6) is 0.718. The first kappa shape index (κ1) is 17.2. The SMILES string of the molecule is Cc1nc(CN2CCN(C(=O)c3cc(CC(C)C)c[nH]3)CC2)cs1. The maximum atomic E-state index is 12.6. The Bertz CT molecular complexity index is 683. The average Bonchev–Trinajstić information content (AvgIpc) is 3.16. The smallest absolute Gasteiger partial charge is 0.270 e. The van der Waals surface area contributed by atoms with Crippen LogP contribution in [-0.4, -0.2) is 51.9 Å². The van der Waals surface area contributed by atoms with Gasteiger partial charge in [-0.1, -0.05) is 13.8 Å². The molecule has 1 aliphatic rings. The fourth-order valence-electron chi connectivity index (χ4n) is 3.14. The van der Waals surface area contributed by atoms with Crippen LogP contribution in [0.25, 0.3) is 0 Å². The molecule has 0 spiro atoms. The number of thiazole rings is 1. The normalized spacial score (nSPS) is 16.1. The Hall–Kier alpha value is -1.66. The first-order valence-electron chi connectivity index (χ1n) is 8.61. The van der Waals surface area contributed by atoms with Crippen molar-refractivity contribution in [1.29, 1.82) is 0 Å². The third-order valence-electron chi connectivity index (χ3n) is 4.33. The highest BCUT2D eigenvalue weighted by molar-refractivity contribution is 7.09. The van der Waals surface area contributed by atoms with Gasteiger partial charge in [-0.05, 0) is 30.9 Å². The second kappa shape index (κ2) is 7.49. The minimum Gasteiger partial charge on any atom is -0.357 e. The molecule has 0 saturated carbocycles. The Balaban J connectivity index is 1.52. The number of nitrogens with zero attached hydrogens (tertiary/aromatic N) is 3. The molecule has 3 rings (SSSR count). The van der Waals surface area contributed by atoms with Crippen molar-refractivity contribution in [3.63, 3.8) is 0 Å². The van der Waals surface area contributed by atoms with Crippen molar-refractivity contribution >= 4 is 17.2 Å². The van der Waals surface area contributed by atoms with Crippen molar-refractivity contribution < 1.29 is 4.79 Å². The first-order valence-corrected chi connectivity index (χ1v) is 9.49. The highest BCUT2D eigenvalue weighted by Crippen LogP contribution is 2.15. The number of hydrogen-bond acceptors (Lipinski definition) is 4. The van der Waals surface area contributed by atoms with E-state index in [0.717, 1.165) is 49.8 Å². The molecule has 1 saturated heterocycles. The number of amides is 1. The molecule has 6 heteroatoms. The number of H-pyrrole nitrogens is 1. The van der Waals surface area contributed by atoms with Gasteiger partial charge >= 0.3 is 0 Å². The third kappa shape index (κ3) is 4.24. The molecule has 0 unspecified atom stereocenters. The van der Waals surface area contributed by atoms with Crippen LogP contribution in [0.5, 0.6) is 0 Å². The number of aromatic nitrogens is 2. The van der Waals surface area contributed by atoms with Crippen molar-refractivity contribution in [1.82, 2.24) is 19.8 Å². The summed E-state index contributed by atoms with van der Waals surface area (Å²) in [6.07, 6.45) is 2.97. The summed E-state index contributed by atoms with van der Waals surface area (Å²) in [6, 6.07) is 2.01. The number of piperazine rings is 1. The fraction of sp³-hybridized carbons (Fsp3) is 0.556. The van der Waals surface area contributed by atoms with Crippen LogP contribution in [0.1, 0.15) is 40.6 Å². The van der Waals surface area contributed by atoms with E-state index in [-0.39, 0.29) is 5.91 Å². The number of aromatic amines is 1. The van der Waals surface area contributed by atoms with Crippen LogP contribution >= 0.6 is 11.3 Å². The van der Waals surface area contributed by atoms with Crippen LogP contribution in [-0.2, 0) is 13.0 Å². The zero-order valence-electron chi connectivity index (χ0n) is 14.7. The Labute approximate surface area is 147 Å². The Morgan fingerprint density at radius 3 is 2.71 bits per heavy atom. The van der Waals surface area contributed by atoms with Crippen molar-refractivity contribution in [2.45, 2.75) is 33.7 Å². The molecule has 1 fully saturated rings. The first-order chi connectivity index (χ1) is 11.5. The van der Waals surface area contributed by atoms with E-state index in [4.69, 9.17) is 0 Å². The van der Waals surface area contributed by atoms with Gasteiger partial charge in [0.2, 0.25) is 0 Å². The van der Waals surface area contributed by atoms with Gasteiger partial charge in [-0.2, -0.15) is 0 Å². The lowest BCUT2D eigenvalue weighted by molar-refractivity contribution is 0.0622. The van der Waals surface area contributed by atoms with E-state index in [0.29, 0.717) is 11.6 Å². The van der Waals surface area contributed by atoms with Gasteiger partial charge in [0.25, 0.3) is 5.91 Å². The maximum Gasteiger partial charge on any atom is 0.270 e. The van der Waals surface area contributed by atoms with E-state index in [1.165, 1.54) is 5.56 Å². The molecular weight excluding hydrogens is 320 g/mol. The number of rotatable bonds is 5. The van der Waals surface area contributed by atoms with Crippen LogP contribution in [0.15, 0.2) is 17.6 Å². The third-order valence-corrected chi connectivity index (χ3v) is 5.15. The molecular formula is C18H26N4OS. The van der Waals surface area contributed by atoms with Crippen LogP contribution in [0.3, 0.4) is 0 Å². The quantitative estimate of drug-likeness (QED) is 0.906. The molecule has 24 heavy (non-hydrogen) atoms. The predicted octanol–water partition coefficient (Wildman–Crippen LogP) is 2.94. The molecule has 0 radical (unpaired) electrons. The number of carbonyl (C=O) groups excluding carboxylic acids is 1. The van der Waals surface area contributed by atoms with Gasteiger partial charge in [0, 0.05) is 44.3 Å². The lowest BCUT2D eigenvalue weighted by Gasteiger charge is -2.34. The summed E-state index contributed by atoms with van der Waals surface area (Å²) < 4.78 is 0. The largest absolute Gasteiger partial charge is 0.357 e. The van der Waals surface area contributed by atoms with E-state index in [9.17, 15) is 4.79 Å². The van der Waals surface area contributed by atoms with Crippen LogP contribution in [0.2, 0.25) is 0 Å². The van der Waals surface area contributed by atoms with Gasteiger partial charge in [0.1, 0.15) is 5.69 Å². The molecule has 0 bridgehead atoms. The summed E-state index contributed by atoms with van der Waals surface area (Å²) in [6.45, 7) is 10.7. The van der Waals surface area contributed by atoms with E-state index in [2.05, 4.69) is 34.1 Å².